The summed E-state index contributed by atoms with van der Waals surface area (Å²) in [6.07, 6.45) is 0. The molecule has 0 aliphatic carbocycles. The summed E-state index contributed by atoms with van der Waals surface area (Å²) in [5, 5.41) is 8.71. The molecule has 0 radical (unpaired) electrons. The van der Waals surface area contributed by atoms with Crippen LogP contribution in [0.5, 0.6) is 5.75 Å². The van der Waals surface area contributed by atoms with Gasteiger partial charge < -0.3 is 9.84 Å². The fraction of sp³-hybridized carbons (Fsp3) is 0.222. The number of ether oxygens (including phenoxy) is 1. The second-order valence-corrected chi connectivity index (χ2v) is 2.23. The van der Waals surface area contributed by atoms with E-state index in [2.05, 4.69) is 0 Å². The number of benzene rings is 1. The summed E-state index contributed by atoms with van der Waals surface area (Å²) in [5.41, 5.74) is 0.208. The Morgan fingerprint density at radius 2 is 2.08 bits per heavy atom. The van der Waals surface area contributed by atoms with Gasteiger partial charge in [0.15, 0.2) is 0 Å². The van der Waals surface area contributed by atoms with Gasteiger partial charge in [0, 0.05) is 0 Å². The Kier molecular flexibility index (Phi) is 6.62. The SMILES string of the molecule is CCOc1ccccc1C(=O)O.[KH]. The molecular weight excluding hydrogens is 195 g/mol. The maximum absolute atomic E-state index is 10.6. The average molecular weight is 206 g/mol. The topological polar surface area (TPSA) is 46.5 Å². The fourth-order valence-electron chi connectivity index (χ4n) is 0.925. The zero-order chi connectivity index (χ0) is 8.97. The fourth-order valence-corrected chi connectivity index (χ4v) is 0.925. The first kappa shape index (κ1) is 13.1. The third-order valence-corrected chi connectivity index (χ3v) is 1.42. The van der Waals surface area contributed by atoms with Crippen LogP contribution in [0.2, 0.25) is 0 Å². The number of hydrogen-bond acceptors (Lipinski definition) is 2. The Labute approximate surface area is 120 Å². The predicted octanol–water partition coefficient (Wildman–Crippen LogP) is 1.13. The summed E-state index contributed by atoms with van der Waals surface area (Å²) in [5.74, 6) is -0.536. The summed E-state index contributed by atoms with van der Waals surface area (Å²) >= 11 is 0. The third kappa shape index (κ3) is 3.78. The molecule has 1 aromatic rings. The van der Waals surface area contributed by atoms with Crippen molar-refractivity contribution in [2.45, 2.75) is 6.92 Å². The van der Waals surface area contributed by atoms with Gasteiger partial charge in [0.2, 0.25) is 0 Å². The van der Waals surface area contributed by atoms with E-state index in [0.29, 0.717) is 12.4 Å². The van der Waals surface area contributed by atoms with Gasteiger partial charge >= 0.3 is 57.4 Å². The standard InChI is InChI=1S/C9H10O3.K.H/c1-2-12-8-6-4-3-5-7(8)9(10)11;;/h3-6H,2H2,1H3,(H,10,11);;. The molecule has 4 heteroatoms. The van der Waals surface area contributed by atoms with E-state index in [0.717, 1.165) is 0 Å². The first-order valence-electron chi connectivity index (χ1n) is 3.70. The molecule has 0 spiro atoms. The molecule has 0 saturated heterocycles. The summed E-state index contributed by atoms with van der Waals surface area (Å²) in [6.45, 7) is 2.29. The average Bonchev–Trinajstić information content (AvgIpc) is 2.05. The van der Waals surface area contributed by atoms with Crippen LogP contribution in [-0.4, -0.2) is 69.1 Å². The van der Waals surface area contributed by atoms with Crippen LogP contribution in [-0.2, 0) is 0 Å². The normalized spacial score (nSPS) is 8.69. The van der Waals surface area contributed by atoms with Crippen LogP contribution >= 0.6 is 0 Å². The third-order valence-electron chi connectivity index (χ3n) is 1.42. The van der Waals surface area contributed by atoms with Gasteiger partial charge in [-0.2, -0.15) is 0 Å². The summed E-state index contributed by atoms with van der Waals surface area (Å²) < 4.78 is 5.12. The number of para-hydroxylation sites is 1. The Hall–Kier alpha value is 0.126. The van der Waals surface area contributed by atoms with Gasteiger partial charge in [0.1, 0.15) is 11.3 Å². The molecule has 3 nitrogen and oxygen atoms in total. The van der Waals surface area contributed by atoms with Crippen molar-refractivity contribution in [3.8, 4) is 5.75 Å². The van der Waals surface area contributed by atoms with Crippen molar-refractivity contribution in [1.82, 2.24) is 0 Å². The molecule has 0 aromatic heterocycles. The molecule has 13 heavy (non-hydrogen) atoms. The second kappa shape index (κ2) is 6.56. The van der Waals surface area contributed by atoms with Crippen molar-refractivity contribution in [3.63, 3.8) is 0 Å². The molecule has 1 N–H and O–H groups in total. The predicted molar refractivity (Wildman–Crippen MR) is 51.7 cm³/mol. The van der Waals surface area contributed by atoms with E-state index in [1.54, 1.807) is 18.2 Å². The quantitative estimate of drug-likeness (QED) is 0.754. The Bertz CT molecular complexity index is 286. The van der Waals surface area contributed by atoms with E-state index in [1.807, 2.05) is 6.92 Å². The molecule has 0 unspecified atom stereocenters. The number of hydrogen-bond donors (Lipinski definition) is 1. The number of carbonyl (C=O) groups is 1. The van der Waals surface area contributed by atoms with Gasteiger partial charge in [-0.3, -0.25) is 0 Å². The molecule has 66 valence electrons. The zero-order valence-electron chi connectivity index (χ0n) is 6.78. The molecule has 0 aliphatic heterocycles. The van der Waals surface area contributed by atoms with Gasteiger partial charge in [-0.25, -0.2) is 4.79 Å². The molecule has 0 saturated carbocycles. The van der Waals surface area contributed by atoms with Crippen molar-refractivity contribution in [2.75, 3.05) is 6.61 Å². The van der Waals surface area contributed by atoms with Crippen molar-refractivity contribution in [2.24, 2.45) is 0 Å². The zero-order valence-corrected chi connectivity index (χ0v) is 6.78. The van der Waals surface area contributed by atoms with E-state index >= 15 is 0 Å². The molecule has 0 heterocycles. The minimum atomic E-state index is -0.959. The molecular formula is C9H11KO3. The van der Waals surface area contributed by atoms with Crippen LogP contribution in [0.1, 0.15) is 17.3 Å². The molecule has 0 aliphatic rings. The second-order valence-electron chi connectivity index (χ2n) is 2.23. The van der Waals surface area contributed by atoms with E-state index in [1.165, 1.54) is 6.07 Å². The minimum absolute atomic E-state index is 0. The van der Waals surface area contributed by atoms with E-state index in [9.17, 15) is 4.79 Å². The Morgan fingerprint density at radius 1 is 1.46 bits per heavy atom. The van der Waals surface area contributed by atoms with Gasteiger partial charge in [-0.15, -0.1) is 0 Å². The Balaban J connectivity index is 0.00000144. The molecule has 0 fully saturated rings. The van der Waals surface area contributed by atoms with Gasteiger partial charge in [-0.05, 0) is 19.1 Å². The molecule has 1 aromatic carbocycles. The first-order valence-corrected chi connectivity index (χ1v) is 3.70. The van der Waals surface area contributed by atoms with E-state index in [4.69, 9.17) is 9.84 Å². The summed E-state index contributed by atoms with van der Waals surface area (Å²) in [4.78, 5) is 10.6. The van der Waals surface area contributed by atoms with Crippen molar-refractivity contribution in [3.05, 3.63) is 29.8 Å². The van der Waals surface area contributed by atoms with Gasteiger partial charge in [0.25, 0.3) is 0 Å². The van der Waals surface area contributed by atoms with Crippen LogP contribution in [0.4, 0.5) is 0 Å². The number of carboxylic acids is 1. The van der Waals surface area contributed by atoms with Crippen LogP contribution in [0.3, 0.4) is 0 Å². The first-order chi connectivity index (χ1) is 5.75. The van der Waals surface area contributed by atoms with Crippen LogP contribution < -0.4 is 4.74 Å². The maximum atomic E-state index is 10.6. The van der Waals surface area contributed by atoms with Crippen molar-refractivity contribution >= 4 is 57.4 Å². The summed E-state index contributed by atoms with van der Waals surface area (Å²) in [6, 6.07) is 6.59. The van der Waals surface area contributed by atoms with E-state index < -0.39 is 5.97 Å². The number of aromatic carboxylic acids is 1. The number of rotatable bonds is 3. The van der Waals surface area contributed by atoms with Crippen LogP contribution in [0.25, 0.3) is 0 Å². The van der Waals surface area contributed by atoms with Crippen molar-refractivity contribution in [1.29, 1.82) is 0 Å². The Morgan fingerprint density at radius 3 is 2.62 bits per heavy atom. The van der Waals surface area contributed by atoms with Gasteiger partial charge in [0.05, 0.1) is 6.61 Å². The van der Waals surface area contributed by atoms with E-state index in [-0.39, 0.29) is 56.9 Å². The molecule has 1 rings (SSSR count). The monoisotopic (exact) mass is 206 g/mol. The van der Waals surface area contributed by atoms with Crippen molar-refractivity contribution < 1.29 is 14.6 Å². The van der Waals surface area contributed by atoms with Crippen LogP contribution in [0.15, 0.2) is 24.3 Å². The molecule has 0 atom stereocenters. The number of carboxylic acid groups (broad SMARTS) is 1. The van der Waals surface area contributed by atoms with Crippen LogP contribution in [0, 0.1) is 0 Å². The molecule has 0 amide bonds. The van der Waals surface area contributed by atoms with Gasteiger partial charge in [-0.1, -0.05) is 12.1 Å². The molecule has 0 bridgehead atoms. The summed E-state index contributed by atoms with van der Waals surface area (Å²) in [7, 11) is 0.